The number of hydrogen-bond donors (Lipinski definition) is 2. The summed E-state index contributed by atoms with van der Waals surface area (Å²) < 4.78 is 1.59. The highest BCUT2D eigenvalue weighted by molar-refractivity contribution is 7.99. The minimum atomic E-state index is -0.545. The summed E-state index contributed by atoms with van der Waals surface area (Å²) in [5, 5.41) is 6.26. The Labute approximate surface area is 173 Å². The Morgan fingerprint density at radius 2 is 1.96 bits per heavy atom. The first kappa shape index (κ1) is 22.2. The van der Waals surface area contributed by atoms with Gasteiger partial charge in [-0.3, -0.25) is 19.5 Å². The molecule has 0 atom stereocenters. The molecule has 1 aromatic carbocycles. The minimum Gasteiger partial charge on any atom is -0.336 e. The smallest absolute Gasteiger partial charge is 0.321 e. The summed E-state index contributed by atoms with van der Waals surface area (Å²) in [5.41, 5.74) is 0.321. The summed E-state index contributed by atoms with van der Waals surface area (Å²) in [6.07, 6.45) is 0.803. The van der Waals surface area contributed by atoms with E-state index in [1.54, 1.807) is 36.6 Å². The van der Waals surface area contributed by atoms with E-state index in [1.165, 1.54) is 0 Å². The van der Waals surface area contributed by atoms with Gasteiger partial charge in [-0.25, -0.2) is 9.78 Å². The van der Waals surface area contributed by atoms with Gasteiger partial charge in [0.2, 0.25) is 5.91 Å². The van der Waals surface area contributed by atoms with Crippen LogP contribution in [-0.4, -0.2) is 33.3 Å². The van der Waals surface area contributed by atoms with Crippen molar-refractivity contribution in [2.45, 2.75) is 51.9 Å². The van der Waals surface area contributed by atoms with Crippen molar-refractivity contribution in [1.29, 1.82) is 0 Å². The first-order valence-electron chi connectivity index (χ1n) is 9.10. The lowest BCUT2D eigenvalue weighted by molar-refractivity contribution is -0.117. The third kappa shape index (κ3) is 6.24. The Kier molecular flexibility index (Phi) is 7.88. The van der Waals surface area contributed by atoms with Crippen molar-refractivity contribution in [3.8, 4) is 0 Å². The molecule has 9 heteroatoms. The number of thioether (sulfide) groups is 1. The Morgan fingerprint density at radius 1 is 1.25 bits per heavy atom. The summed E-state index contributed by atoms with van der Waals surface area (Å²) in [5.74, 6) is -0.0844. The van der Waals surface area contributed by atoms with Crippen LogP contribution >= 0.6 is 23.4 Å². The Balaban J connectivity index is 2.25. The zero-order chi connectivity index (χ0) is 20.8. The second-order valence-corrected chi connectivity index (χ2v) is 8.54. The molecule has 0 spiro atoms. The highest BCUT2D eigenvalue weighted by atomic mass is 35.5. The van der Waals surface area contributed by atoms with Crippen molar-refractivity contribution < 1.29 is 9.59 Å². The second-order valence-electron chi connectivity index (χ2n) is 7.16. The monoisotopic (exact) mass is 424 g/mol. The molecule has 0 unspecified atom stereocenters. The van der Waals surface area contributed by atoms with Gasteiger partial charge < -0.3 is 5.32 Å². The van der Waals surface area contributed by atoms with E-state index in [0.717, 1.165) is 18.2 Å². The van der Waals surface area contributed by atoms with Crippen molar-refractivity contribution in [1.82, 2.24) is 20.2 Å². The number of urea groups is 1. The summed E-state index contributed by atoms with van der Waals surface area (Å²) in [6.45, 7) is 8.26. The van der Waals surface area contributed by atoms with Crippen molar-refractivity contribution in [2.75, 3.05) is 5.75 Å². The number of aromatic nitrogens is 2. The zero-order valence-electron chi connectivity index (χ0n) is 16.4. The number of carbonyl (C=O) groups is 2. The number of rotatable bonds is 7. The lowest BCUT2D eigenvalue weighted by Crippen LogP contribution is -2.43. The number of nitrogens with zero attached hydrogens (tertiary/aromatic N) is 2. The van der Waals surface area contributed by atoms with Gasteiger partial charge in [-0.05, 0) is 44.4 Å². The molecule has 0 bridgehead atoms. The second kappa shape index (κ2) is 9.93. The van der Waals surface area contributed by atoms with Crippen molar-refractivity contribution >= 4 is 46.2 Å². The molecular formula is C19H25ClN4O3S. The topological polar surface area (TPSA) is 93.1 Å². The maximum atomic E-state index is 12.9. The molecule has 1 heterocycles. The van der Waals surface area contributed by atoms with Crippen LogP contribution in [0.15, 0.2) is 28.2 Å². The number of halogens is 1. The van der Waals surface area contributed by atoms with E-state index in [0.29, 0.717) is 33.5 Å². The lowest BCUT2D eigenvalue weighted by Gasteiger charge is -2.14. The summed E-state index contributed by atoms with van der Waals surface area (Å²) in [4.78, 5) is 41.2. The van der Waals surface area contributed by atoms with E-state index in [4.69, 9.17) is 11.6 Å². The minimum absolute atomic E-state index is 0.0360. The highest BCUT2D eigenvalue weighted by Crippen LogP contribution is 2.21. The molecule has 152 valence electrons. The van der Waals surface area contributed by atoms with Crippen molar-refractivity contribution in [3.63, 3.8) is 0 Å². The fourth-order valence-electron chi connectivity index (χ4n) is 2.46. The summed E-state index contributed by atoms with van der Waals surface area (Å²) >= 11 is 7.15. The van der Waals surface area contributed by atoms with E-state index in [2.05, 4.69) is 29.5 Å². The van der Waals surface area contributed by atoms with Crippen LogP contribution < -0.4 is 16.2 Å². The fraction of sp³-hybridized carbons (Fsp3) is 0.474. The lowest BCUT2D eigenvalue weighted by atomic mass is 10.1. The molecule has 0 fully saturated rings. The van der Waals surface area contributed by atoms with E-state index in [1.807, 2.05) is 0 Å². The molecule has 0 saturated carbocycles. The third-order valence-corrected chi connectivity index (χ3v) is 5.03. The van der Waals surface area contributed by atoms with Crippen LogP contribution in [-0.2, 0) is 11.3 Å². The number of carbonyl (C=O) groups excluding carboxylic acids is 2. The van der Waals surface area contributed by atoms with E-state index >= 15 is 0 Å². The first-order chi connectivity index (χ1) is 13.2. The van der Waals surface area contributed by atoms with Crippen LogP contribution in [0.25, 0.3) is 10.9 Å². The average Bonchev–Trinajstić information content (AvgIpc) is 2.58. The quantitative estimate of drug-likeness (QED) is 0.524. The van der Waals surface area contributed by atoms with Gasteiger partial charge in [0, 0.05) is 17.6 Å². The highest BCUT2D eigenvalue weighted by Gasteiger charge is 2.15. The van der Waals surface area contributed by atoms with Gasteiger partial charge >= 0.3 is 6.03 Å². The van der Waals surface area contributed by atoms with E-state index in [-0.39, 0.29) is 17.4 Å². The number of benzene rings is 1. The number of hydrogen-bond acceptors (Lipinski definition) is 5. The molecular weight excluding hydrogens is 400 g/mol. The van der Waals surface area contributed by atoms with Gasteiger partial charge in [0.25, 0.3) is 5.56 Å². The molecule has 1 aromatic heterocycles. The van der Waals surface area contributed by atoms with Gasteiger partial charge in [0.1, 0.15) is 0 Å². The maximum Gasteiger partial charge on any atom is 0.321 e. The number of nitrogens with one attached hydrogen (secondary N) is 2. The van der Waals surface area contributed by atoms with Crippen LogP contribution in [0.4, 0.5) is 4.79 Å². The van der Waals surface area contributed by atoms with Crippen LogP contribution in [0.3, 0.4) is 0 Å². The molecule has 0 radical (unpaired) electrons. The van der Waals surface area contributed by atoms with E-state index < -0.39 is 11.9 Å². The van der Waals surface area contributed by atoms with Gasteiger partial charge in [-0.2, -0.15) is 0 Å². The molecule has 0 aliphatic carbocycles. The molecule has 2 aromatic rings. The SMILES string of the molecule is CC(C)CCn1c(SCC(=O)NC(=O)NC(C)C)nc2cc(Cl)ccc2c1=O. The molecule has 7 nitrogen and oxygen atoms in total. The molecule has 0 aliphatic rings. The molecule has 0 saturated heterocycles. The normalized spacial score (nSPS) is 11.2. The van der Waals surface area contributed by atoms with Gasteiger partial charge in [-0.15, -0.1) is 0 Å². The van der Waals surface area contributed by atoms with Crippen LogP contribution in [0, 0.1) is 5.92 Å². The molecule has 0 aliphatic heterocycles. The van der Waals surface area contributed by atoms with Gasteiger partial charge in [0.15, 0.2) is 5.16 Å². The largest absolute Gasteiger partial charge is 0.336 e. The summed E-state index contributed by atoms with van der Waals surface area (Å²) in [7, 11) is 0. The molecule has 3 amide bonds. The fourth-order valence-corrected chi connectivity index (χ4v) is 3.45. The maximum absolute atomic E-state index is 12.9. The van der Waals surface area contributed by atoms with Crippen LogP contribution in [0.1, 0.15) is 34.1 Å². The van der Waals surface area contributed by atoms with Gasteiger partial charge in [-0.1, -0.05) is 37.2 Å². The number of fused-ring (bicyclic) bond motifs is 1. The Bertz CT molecular complexity index is 927. The first-order valence-corrected chi connectivity index (χ1v) is 10.5. The molecule has 28 heavy (non-hydrogen) atoms. The molecule has 2 rings (SSSR count). The number of amides is 3. The van der Waals surface area contributed by atoms with Crippen LogP contribution in [0.5, 0.6) is 0 Å². The van der Waals surface area contributed by atoms with Crippen LogP contribution in [0.2, 0.25) is 5.02 Å². The number of imide groups is 1. The van der Waals surface area contributed by atoms with Crippen molar-refractivity contribution in [3.05, 3.63) is 33.6 Å². The Morgan fingerprint density at radius 3 is 2.61 bits per heavy atom. The predicted octanol–water partition coefficient (Wildman–Crippen LogP) is 3.42. The molecule has 2 N–H and O–H groups in total. The van der Waals surface area contributed by atoms with Gasteiger partial charge in [0.05, 0.1) is 16.7 Å². The standard InChI is InChI=1S/C19H25ClN4O3S/c1-11(2)7-8-24-17(26)14-6-5-13(20)9-15(14)22-19(24)28-10-16(25)23-18(27)21-12(3)4/h5-6,9,11-12H,7-8,10H2,1-4H3,(H2,21,23,25,27). The van der Waals surface area contributed by atoms with E-state index in [9.17, 15) is 14.4 Å². The predicted molar refractivity (Wildman–Crippen MR) is 113 cm³/mol. The zero-order valence-corrected chi connectivity index (χ0v) is 18.0. The average molecular weight is 425 g/mol. The third-order valence-electron chi connectivity index (χ3n) is 3.82. The Hall–Kier alpha value is -2.06. The summed E-state index contributed by atoms with van der Waals surface area (Å²) in [6, 6.07) is 4.33. The van der Waals surface area contributed by atoms with Crippen molar-refractivity contribution in [2.24, 2.45) is 5.92 Å².